The Bertz CT molecular complexity index is 118. The van der Waals surface area contributed by atoms with Crippen LogP contribution >= 0.6 is 0 Å². The quantitative estimate of drug-likeness (QED) is 0.587. The highest BCUT2D eigenvalue weighted by Gasteiger charge is 2.17. The highest BCUT2D eigenvalue weighted by atomic mass is 16.3. The van der Waals surface area contributed by atoms with Crippen LogP contribution < -0.4 is 5.32 Å². The fraction of sp³-hybridized carbons (Fsp3) is 1.00. The Hall–Kier alpha value is -0.120. The van der Waals surface area contributed by atoms with Crippen molar-refractivity contribution < 1.29 is 5.11 Å². The molecule has 0 aromatic carbocycles. The van der Waals surface area contributed by atoms with Crippen LogP contribution in [0, 0.1) is 0 Å². The van der Waals surface area contributed by atoms with Crippen molar-refractivity contribution in [2.75, 3.05) is 27.2 Å². The number of aliphatic hydroxyl groups excluding tert-OH is 1. The first-order valence-corrected chi connectivity index (χ1v) is 4.76. The minimum absolute atomic E-state index is 0.101. The molecule has 0 spiro atoms. The second kappa shape index (κ2) is 4.80. The largest absolute Gasteiger partial charge is 0.393 e. The third-order valence-electron chi connectivity index (χ3n) is 2.57. The molecule has 12 heavy (non-hydrogen) atoms. The standard InChI is InChI=1S/C9H20N2O/c1-10-8-6-9(12)4-3-5-11(2)7-8/h8-10,12H,3-7H2,1-2H3/t8-,9?/m0/s1. The number of likely N-dealkylation sites (tertiary alicyclic amines) is 1. The number of likely N-dealkylation sites (N-methyl/N-ethyl adjacent to an activating group) is 2. The molecule has 1 rings (SSSR count). The summed E-state index contributed by atoms with van der Waals surface area (Å²) in [7, 11) is 4.11. The second-order valence-corrected chi connectivity index (χ2v) is 3.78. The molecule has 1 aliphatic heterocycles. The van der Waals surface area contributed by atoms with Gasteiger partial charge in [-0.3, -0.25) is 0 Å². The van der Waals surface area contributed by atoms with Crippen LogP contribution in [0.5, 0.6) is 0 Å². The van der Waals surface area contributed by atoms with Gasteiger partial charge in [-0.2, -0.15) is 0 Å². The maximum atomic E-state index is 9.54. The van der Waals surface area contributed by atoms with Gasteiger partial charge in [0.05, 0.1) is 6.10 Å². The lowest BCUT2D eigenvalue weighted by molar-refractivity contribution is 0.111. The Morgan fingerprint density at radius 1 is 1.50 bits per heavy atom. The van der Waals surface area contributed by atoms with E-state index in [1.54, 1.807) is 0 Å². The Morgan fingerprint density at radius 3 is 2.92 bits per heavy atom. The van der Waals surface area contributed by atoms with E-state index < -0.39 is 0 Å². The third-order valence-corrected chi connectivity index (χ3v) is 2.57. The van der Waals surface area contributed by atoms with Gasteiger partial charge in [0.15, 0.2) is 0 Å². The van der Waals surface area contributed by atoms with Crippen molar-refractivity contribution in [1.82, 2.24) is 10.2 Å². The van der Waals surface area contributed by atoms with Crippen LogP contribution in [0.15, 0.2) is 0 Å². The van der Waals surface area contributed by atoms with Crippen molar-refractivity contribution in [2.24, 2.45) is 0 Å². The number of rotatable bonds is 1. The van der Waals surface area contributed by atoms with E-state index in [1.165, 1.54) is 0 Å². The highest BCUT2D eigenvalue weighted by molar-refractivity contribution is 4.76. The summed E-state index contributed by atoms with van der Waals surface area (Å²) in [6.45, 7) is 2.16. The number of hydrogen-bond acceptors (Lipinski definition) is 3. The molecule has 0 saturated carbocycles. The van der Waals surface area contributed by atoms with Crippen LogP contribution in [0.25, 0.3) is 0 Å². The summed E-state index contributed by atoms with van der Waals surface area (Å²) in [6, 6.07) is 0.449. The fourth-order valence-electron chi connectivity index (χ4n) is 1.79. The van der Waals surface area contributed by atoms with E-state index in [9.17, 15) is 5.11 Å². The van der Waals surface area contributed by atoms with Crippen LogP contribution in [0.1, 0.15) is 19.3 Å². The van der Waals surface area contributed by atoms with Crippen LogP contribution in [0.4, 0.5) is 0 Å². The van der Waals surface area contributed by atoms with E-state index in [0.29, 0.717) is 6.04 Å². The Balaban J connectivity index is 2.39. The topological polar surface area (TPSA) is 35.5 Å². The lowest BCUT2D eigenvalue weighted by Crippen LogP contribution is -2.42. The normalized spacial score (nSPS) is 34.2. The molecule has 0 bridgehead atoms. The van der Waals surface area contributed by atoms with Gasteiger partial charge in [-0.05, 0) is 39.9 Å². The molecular weight excluding hydrogens is 152 g/mol. The summed E-state index contributed by atoms with van der Waals surface area (Å²) in [6.07, 6.45) is 2.86. The van der Waals surface area contributed by atoms with Gasteiger partial charge in [0.2, 0.25) is 0 Å². The zero-order chi connectivity index (χ0) is 8.97. The molecule has 72 valence electrons. The molecule has 2 N–H and O–H groups in total. The van der Waals surface area contributed by atoms with Crippen molar-refractivity contribution in [3.63, 3.8) is 0 Å². The predicted molar refractivity (Wildman–Crippen MR) is 50.2 cm³/mol. The first-order valence-electron chi connectivity index (χ1n) is 4.76. The van der Waals surface area contributed by atoms with Gasteiger partial charge in [-0.25, -0.2) is 0 Å². The van der Waals surface area contributed by atoms with E-state index in [4.69, 9.17) is 0 Å². The maximum Gasteiger partial charge on any atom is 0.0556 e. The maximum absolute atomic E-state index is 9.54. The zero-order valence-corrected chi connectivity index (χ0v) is 8.08. The van der Waals surface area contributed by atoms with Crippen LogP contribution in [0.2, 0.25) is 0 Å². The molecule has 1 fully saturated rings. The second-order valence-electron chi connectivity index (χ2n) is 3.78. The molecule has 0 amide bonds. The van der Waals surface area contributed by atoms with Gasteiger partial charge >= 0.3 is 0 Å². The molecule has 0 aliphatic carbocycles. The van der Waals surface area contributed by atoms with Crippen molar-refractivity contribution in [3.8, 4) is 0 Å². The zero-order valence-electron chi connectivity index (χ0n) is 8.08. The summed E-state index contributed by atoms with van der Waals surface area (Å²) in [4.78, 5) is 2.33. The molecule has 2 atom stereocenters. The first kappa shape index (κ1) is 9.96. The van der Waals surface area contributed by atoms with Gasteiger partial charge < -0.3 is 15.3 Å². The van der Waals surface area contributed by atoms with Crippen molar-refractivity contribution >= 4 is 0 Å². The number of hydrogen-bond donors (Lipinski definition) is 2. The summed E-state index contributed by atoms with van der Waals surface area (Å²) in [5, 5.41) is 12.8. The summed E-state index contributed by atoms with van der Waals surface area (Å²) in [5.41, 5.74) is 0. The Morgan fingerprint density at radius 2 is 2.25 bits per heavy atom. The summed E-state index contributed by atoms with van der Waals surface area (Å²) >= 11 is 0. The molecule has 1 saturated heterocycles. The van der Waals surface area contributed by atoms with Gasteiger partial charge in [0.25, 0.3) is 0 Å². The molecular formula is C9H20N2O. The van der Waals surface area contributed by atoms with Crippen molar-refractivity contribution in [2.45, 2.75) is 31.4 Å². The van der Waals surface area contributed by atoms with Gasteiger partial charge in [0.1, 0.15) is 0 Å². The molecule has 1 aliphatic rings. The van der Waals surface area contributed by atoms with E-state index >= 15 is 0 Å². The third kappa shape index (κ3) is 3.09. The average Bonchev–Trinajstić information content (AvgIpc) is 2.00. The lowest BCUT2D eigenvalue weighted by atomic mass is 10.0. The van der Waals surface area contributed by atoms with E-state index in [1.807, 2.05) is 7.05 Å². The average molecular weight is 172 g/mol. The van der Waals surface area contributed by atoms with Gasteiger partial charge in [-0.1, -0.05) is 0 Å². The Kier molecular flexibility index (Phi) is 3.98. The summed E-state index contributed by atoms with van der Waals surface area (Å²) < 4.78 is 0. The minimum Gasteiger partial charge on any atom is -0.393 e. The molecule has 3 nitrogen and oxygen atoms in total. The van der Waals surface area contributed by atoms with Crippen LogP contribution in [-0.4, -0.2) is 49.3 Å². The number of nitrogens with one attached hydrogen (secondary N) is 1. The van der Waals surface area contributed by atoms with Crippen LogP contribution in [-0.2, 0) is 0 Å². The Labute approximate surface area is 74.8 Å². The smallest absolute Gasteiger partial charge is 0.0556 e. The number of aliphatic hydroxyl groups is 1. The van der Waals surface area contributed by atoms with Crippen LogP contribution in [0.3, 0.4) is 0 Å². The molecule has 0 aromatic rings. The highest BCUT2D eigenvalue weighted by Crippen LogP contribution is 2.10. The minimum atomic E-state index is -0.101. The molecule has 0 aromatic heterocycles. The molecule has 1 unspecified atom stereocenters. The summed E-state index contributed by atoms with van der Waals surface area (Å²) in [5.74, 6) is 0. The molecule has 3 heteroatoms. The predicted octanol–water partition coefficient (Wildman–Crippen LogP) is 0.0510. The monoisotopic (exact) mass is 172 g/mol. The molecule has 0 radical (unpaired) electrons. The van der Waals surface area contributed by atoms with Gasteiger partial charge in [-0.15, -0.1) is 0 Å². The van der Waals surface area contributed by atoms with Crippen molar-refractivity contribution in [1.29, 1.82) is 0 Å². The molecule has 1 heterocycles. The van der Waals surface area contributed by atoms with Gasteiger partial charge in [0, 0.05) is 12.6 Å². The van der Waals surface area contributed by atoms with E-state index in [0.717, 1.165) is 32.4 Å². The SMILES string of the molecule is CN[C@H]1CC(O)CCCN(C)C1. The fourth-order valence-corrected chi connectivity index (χ4v) is 1.79. The number of nitrogens with zero attached hydrogens (tertiary/aromatic N) is 1. The lowest BCUT2D eigenvalue weighted by Gasteiger charge is -2.28. The first-order chi connectivity index (χ1) is 5.72. The van der Waals surface area contributed by atoms with E-state index in [2.05, 4.69) is 17.3 Å². The van der Waals surface area contributed by atoms with Crippen molar-refractivity contribution in [3.05, 3.63) is 0 Å². The van der Waals surface area contributed by atoms with E-state index in [-0.39, 0.29) is 6.10 Å².